The summed E-state index contributed by atoms with van der Waals surface area (Å²) >= 11 is 0. The van der Waals surface area contributed by atoms with Gasteiger partial charge in [-0.2, -0.15) is 0 Å². The van der Waals surface area contributed by atoms with Gasteiger partial charge in [0.1, 0.15) is 0 Å². The molecule has 0 heterocycles. The molecule has 1 unspecified atom stereocenters. The Labute approximate surface area is 202 Å². The lowest BCUT2D eigenvalue weighted by atomic mass is 9.96. The number of allylic oxidation sites excluding steroid dienone is 1. The second-order valence-corrected chi connectivity index (χ2v) is 7.58. The molecule has 0 spiro atoms. The van der Waals surface area contributed by atoms with Gasteiger partial charge in [0.2, 0.25) is 6.10 Å². The van der Waals surface area contributed by atoms with Crippen molar-refractivity contribution in [1.29, 1.82) is 0 Å². The molecule has 0 aliphatic heterocycles. The molecule has 1 rings (SSSR count). The monoisotopic (exact) mass is 478 g/mol. The summed E-state index contributed by atoms with van der Waals surface area (Å²) in [7, 11) is 0. The fraction of sp³-hybridized carbons (Fsp3) is 0.577. The van der Waals surface area contributed by atoms with Gasteiger partial charge in [0.05, 0.1) is 19.8 Å². The first-order valence-corrected chi connectivity index (χ1v) is 12.0. The van der Waals surface area contributed by atoms with Gasteiger partial charge in [0.25, 0.3) is 5.60 Å². The summed E-state index contributed by atoms with van der Waals surface area (Å²) in [4.78, 5) is 37.3. The molecule has 0 aliphatic rings. The SMILES string of the molecule is CCOC(=O)C(OCCCCCCCC=Cc1ccccc1)C(O)(C(=O)OCC)C(=O)OCC. The smallest absolute Gasteiger partial charge is 0.353 e. The van der Waals surface area contributed by atoms with E-state index in [9.17, 15) is 19.5 Å². The molecule has 0 radical (unpaired) electrons. The van der Waals surface area contributed by atoms with E-state index in [-0.39, 0.29) is 26.4 Å². The number of benzene rings is 1. The highest BCUT2D eigenvalue weighted by Crippen LogP contribution is 2.22. The predicted molar refractivity (Wildman–Crippen MR) is 128 cm³/mol. The average Bonchev–Trinajstić information content (AvgIpc) is 2.83. The lowest BCUT2D eigenvalue weighted by Crippen LogP contribution is -2.61. The van der Waals surface area contributed by atoms with Crippen LogP contribution in [0.5, 0.6) is 0 Å². The third-order valence-electron chi connectivity index (χ3n) is 4.96. The maximum absolute atomic E-state index is 12.4. The van der Waals surface area contributed by atoms with Crippen molar-refractivity contribution in [2.24, 2.45) is 0 Å². The van der Waals surface area contributed by atoms with Crippen LogP contribution in [0.4, 0.5) is 0 Å². The van der Waals surface area contributed by atoms with E-state index < -0.39 is 29.6 Å². The molecular formula is C26H38O8. The largest absolute Gasteiger partial charge is 0.464 e. The highest BCUT2D eigenvalue weighted by atomic mass is 16.6. The van der Waals surface area contributed by atoms with Crippen molar-refractivity contribution in [1.82, 2.24) is 0 Å². The molecule has 1 aromatic carbocycles. The molecule has 0 fully saturated rings. The summed E-state index contributed by atoms with van der Waals surface area (Å²) in [5.41, 5.74) is -1.76. The molecule has 1 aromatic rings. The fourth-order valence-corrected chi connectivity index (χ4v) is 3.24. The molecule has 0 saturated heterocycles. The molecule has 0 saturated carbocycles. The lowest BCUT2D eigenvalue weighted by Gasteiger charge is -2.30. The number of aliphatic hydroxyl groups is 1. The number of carbonyl (C=O) groups is 3. The van der Waals surface area contributed by atoms with E-state index in [0.29, 0.717) is 6.42 Å². The Balaban J connectivity index is 2.54. The molecule has 0 bridgehead atoms. The standard InChI is InChI=1S/C26H38O8/c1-4-31-23(27)22(26(30,24(28)32-5-2)25(29)33-6-3)34-20-16-11-9-7-8-10-13-17-21-18-14-12-15-19-21/h12-15,17-19,22,30H,4-11,16,20H2,1-3H3. The predicted octanol–water partition coefficient (Wildman–Crippen LogP) is 3.85. The Kier molecular flexibility index (Phi) is 14.5. The minimum Gasteiger partial charge on any atom is -0.464 e. The quantitative estimate of drug-likeness (QED) is 0.156. The number of rotatable bonds is 17. The number of unbranched alkanes of at least 4 members (excludes halogenated alkanes) is 5. The molecule has 1 N–H and O–H groups in total. The topological polar surface area (TPSA) is 108 Å². The van der Waals surface area contributed by atoms with E-state index in [1.165, 1.54) is 19.4 Å². The van der Waals surface area contributed by atoms with Crippen LogP contribution >= 0.6 is 0 Å². The Bertz CT molecular complexity index is 741. The number of carbonyl (C=O) groups excluding carboxylic acids is 3. The van der Waals surface area contributed by atoms with Crippen LogP contribution in [-0.2, 0) is 33.3 Å². The van der Waals surface area contributed by atoms with Crippen molar-refractivity contribution in [3.05, 3.63) is 42.0 Å². The van der Waals surface area contributed by atoms with E-state index in [0.717, 1.165) is 32.1 Å². The third kappa shape index (κ3) is 9.65. The zero-order chi connectivity index (χ0) is 25.2. The van der Waals surface area contributed by atoms with Gasteiger partial charge in [-0.05, 0) is 45.6 Å². The summed E-state index contributed by atoms with van der Waals surface area (Å²) < 4.78 is 20.1. The van der Waals surface area contributed by atoms with Gasteiger partial charge in [-0.25, -0.2) is 14.4 Å². The molecule has 0 aromatic heterocycles. The number of hydrogen-bond acceptors (Lipinski definition) is 8. The van der Waals surface area contributed by atoms with Crippen molar-refractivity contribution in [3.8, 4) is 0 Å². The van der Waals surface area contributed by atoms with Gasteiger partial charge in [-0.15, -0.1) is 0 Å². The summed E-state index contributed by atoms with van der Waals surface area (Å²) in [5.74, 6) is -3.65. The molecule has 8 nitrogen and oxygen atoms in total. The second kappa shape index (κ2) is 16.8. The van der Waals surface area contributed by atoms with E-state index in [1.54, 1.807) is 6.92 Å². The van der Waals surface area contributed by atoms with Crippen LogP contribution in [0.1, 0.15) is 64.9 Å². The minimum atomic E-state index is -2.94. The van der Waals surface area contributed by atoms with Gasteiger partial charge in [0, 0.05) is 6.61 Å². The number of hydrogen-bond donors (Lipinski definition) is 1. The number of esters is 3. The van der Waals surface area contributed by atoms with Gasteiger partial charge < -0.3 is 24.1 Å². The maximum atomic E-state index is 12.4. The molecule has 0 aliphatic carbocycles. The van der Waals surface area contributed by atoms with Crippen molar-refractivity contribution < 1.29 is 38.4 Å². The molecule has 1 atom stereocenters. The molecule has 0 amide bonds. The van der Waals surface area contributed by atoms with Crippen LogP contribution < -0.4 is 0 Å². The molecule has 34 heavy (non-hydrogen) atoms. The van der Waals surface area contributed by atoms with Crippen LogP contribution in [0.15, 0.2) is 36.4 Å². The normalized spacial score (nSPS) is 12.4. The number of ether oxygens (including phenoxy) is 4. The summed E-state index contributed by atoms with van der Waals surface area (Å²) in [6, 6.07) is 10.1. The van der Waals surface area contributed by atoms with Crippen LogP contribution in [0, 0.1) is 0 Å². The lowest BCUT2D eigenvalue weighted by molar-refractivity contribution is -0.208. The minimum absolute atomic E-state index is 0.0147. The highest BCUT2D eigenvalue weighted by molar-refractivity contribution is 6.08. The van der Waals surface area contributed by atoms with Crippen molar-refractivity contribution >= 4 is 24.0 Å². The first kappa shape index (κ1) is 29.3. The average molecular weight is 479 g/mol. The summed E-state index contributed by atoms with van der Waals surface area (Å²) in [6.45, 7) is 4.44. The highest BCUT2D eigenvalue weighted by Gasteiger charge is 2.58. The molecular weight excluding hydrogens is 440 g/mol. The summed E-state index contributed by atoms with van der Waals surface area (Å²) in [5, 5.41) is 10.9. The van der Waals surface area contributed by atoms with Crippen LogP contribution in [0.3, 0.4) is 0 Å². The second-order valence-electron chi connectivity index (χ2n) is 7.58. The van der Waals surface area contributed by atoms with Crippen molar-refractivity contribution in [2.45, 2.75) is 71.0 Å². The van der Waals surface area contributed by atoms with Crippen LogP contribution in [0.2, 0.25) is 0 Å². The Morgan fingerprint density at radius 2 is 1.41 bits per heavy atom. The Morgan fingerprint density at radius 1 is 0.853 bits per heavy atom. The molecule has 8 heteroatoms. The van der Waals surface area contributed by atoms with Crippen LogP contribution in [0.25, 0.3) is 6.08 Å². The fourth-order valence-electron chi connectivity index (χ4n) is 3.24. The Hall–Kier alpha value is -2.71. The van der Waals surface area contributed by atoms with Crippen molar-refractivity contribution in [2.75, 3.05) is 26.4 Å². The van der Waals surface area contributed by atoms with Gasteiger partial charge in [0.15, 0.2) is 0 Å². The van der Waals surface area contributed by atoms with E-state index in [2.05, 4.69) is 24.3 Å². The van der Waals surface area contributed by atoms with Crippen LogP contribution in [-0.4, -0.2) is 61.1 Å². The third-order valence-corrected chi connectivity index (χ3v) is 4.96. The van der Waals surface area contributed by atoms with Gasteiger partial charge >= 0.3 is 17.9 Å². The molecule has 190 valence electrons. The van der Waals surface area contributed by atoms with Gasteiger partial charge in [-0.1, -0.05) is 61.7 Å². The first-order chi connectivity index (χ1) is 16.4. The van der Waals surface area contributed by atoms with Crippen molar-refractivity contribution in [3.63, 3.8) is 0 Å². The first-order valence-electron chi connectivity index (χ1n) is 12.0. The summed E-state index contributed by atoms with van der Waals surface area (Å²) in [6.07, 6.45) is 7.85. The van der Waals surface area contributed by atoms with E-state index in [1.807, 2.05) is 18.2 Å². The van der Waals surface area contributed by atoms with Gasteiger partial charge in [-0.3, -0.25) is 0 Å². The Morgan fingerprint density at radius 3 is 2.00 bits per heavy atom. The zero-order valence-corrected chi connectivity index (χ0v) is 20.5. The van der Waals surface area contributed by atoms with E-state index >= 15 is 0 Å². The van der Waals surface area contributed by atoms with E-state index in [4.69, 9.17) is 18.9 Å². The zero-order valence-electron chi connectivity index (χ0n) is 20.5. The maximum Gasteiger partial charge on any atom is 0.353 e.